The quantitative estimate of drug-likeness (QED) is 0.766. The molecule has 1 fully saturated rings. The second-order valence-corrected chi connectivity index (χ2v) is 7.29. The van der Waals surface area contributed by atoms with Crippen molar-refractivity contribution in [3.8, 4) is 0 Å². The number of hydrogen-bond donors (Lipinski definition) is 0. The lowest BCUT2D eigenvalue weighted by Gasteiger charge is -2.24. The maximum Gasteiger partial charge on any atom is 0.227 e. The Morgan fingerprint density at radius 3 is 2.46 bits per heavy atom. The molecule has 0 unspecified atom stereocenters. The van der Waals surface area contributed by atoms with Gasteiger partial charge in [-0.2, -0.15) is 0 Å². The van der Waals surface area contributed by atoms with Crippen molar-refractivity contribution >= 4 is 27.5 Å². The van der Waals surface area contributed by atoms with Crippen LogP contribution < -0.4 is 4.90 Å². The molecule has 4 heteroatoms. The van der Waals surface area contributed by atoms with Crippen LogP contribution in [-0.4, -0.2) is 30.9 Å². The standard InChI is InChI=1S/C20H23BrN2O/c1-22(20(24)14-16-8-10-18(21)11-9-16)15-17-6-2-3-7-19(17)23-12-4-5-13-23/h2-3,6-11H,4-5,12-15H2,1H3. The Bertz CT molecular complexity index is 693. The summed E-state index contributed by atoms with van der Waals surface area (Å²) in [5.74, 6) is 0.147. The van der Waals surface area contributed by atoms with Gasteiger partial charge < -0.3 is 9.80 Å². The largest absolute Gasteiger partial charge is 0.371 e. The van der Waals surface area contributed by atoms with Crippen LogP contribution in [0.15, 0.2) is 53.0 Å². The molecule has 1 heterocycles. The molecule has 0 radical (unpaired) electrons. The molecule has 1 saturated heterocycles. The van der Waals surface area contributed by atoms with E-state index in [9.17, 15) is 4.79 Å². The minimum atomic E-state index is 0.147. The van der Waals surface area contributed by atoms with Gasteiger partial charge in [-0.1, -0.05) is 46.3 Å². The average molecular weight is 387 g/mol. The van der Waals surface area contributed by atoms with Crippen molar-refractivity contribution in [3.63, 3.8) is 0 Å². The number of hydrogen-bond acceptors (Lipinski definition) is 2. The molecule has 0 bridgehead atoms. The lowest BCUT2D eigenvalue weighted by atomic mass is 10.1. The fourth-order valence-electron chi connectivity index (χ4n) is 3.17. The SMILES string of the molecule is CN(Cc1ccccc1N1CCCC1)C(=O)Cc1ccc(Br)cc1. The van der Waals surface area contributed by atoms with Crippen LogP contribution in [0.1, 0.15) is 24.0 Å². The Morgan fingerprint density at radius 1 is 1.08 bits per heavy atom. The normalized spacial score (nSPS) is 14.0. The lowest BCUT2D eigenvalue weighted by molar-refractivity contribution is -0.129. The summed E-state index contributed by atoms with van der Waals surface area (Å²) in [5, 5.41) is 0. The second kappa shape index (κ2) is 7.84. The Balaban J connectivity index is 1.66. The van der Waals surface area contributed by atoms with Gasteiger partial charge in [-0.3, -0.25) is 4.79 Å². The highest BCUT2D eigenvalue weighted by molar-refractivity contribution is 9.10. The van der Waals surface area contributed by atoms with Crippen LogP contribution in [0.2, 0.25) is 0 Å². The number of halogens is 1. The predicted octanol–water partition coefficient (Wildman–Crippen LogP) is 4.25. The molecule has 1 aliphatic heterocycles. The van der Waals surface area contributed by atoms with Crippen molar-refractivity contribution in [2.45, 2.75) is 25.8 Å². The number of amides is 1. The van der Waals surface area contributed by atoms with Gasteiger partial charge in [0.05, 0.1) is 6.42 Å². The van der Waals surface area contributed by atoms with Gasteiger partial charge in [0.2, 0.25) is 5.91 Å². The van der Waals surface area contributed by atoms with E-state index in [1.807, 2.05) is 36.2 Å². The van der Waals surface area contributed by atoms with Gasteiger partial charge >= 0.3 is 0 Å². The summed E-state index contributed by atoms with van der Waals surface area (Å²) in [6.07, 6.45) is 2.95. The van der Waals surface area contributed by atoms with E-state index >= 15 is 0 Å². The third-order valence-electron chi connectivity index (χ3n) is 4.54. The number of anilines is 1. The van der Waals surface area contributed by atoms with E-state index in [2.05, 4.69) is 45.1 Å². The molecule has 0 aliphatic carbocycles. The molecular weight excluding hydrogens is 364 g/mol. The van der Waals surface area contributed by atoms with Crippen molar-refractivity contribution in [2.75, 3.05) is 25.0 Å². The molecule has 2 aromatic carbocycles. The molecule has 1 aliphatic rings. The van der Waals surface area contributed by atoms with Crippen LogP contribution in [0, 0.1) is 0 Å². The highest BCUT2D eigenvalue weighted by Crippen LogP contribution is 2.25. The van der Waals surface area contributed by atoms with Crippen LogP contribution >= 0.6 is 15.9 Å². The number of benzene rings is 2. The molecule has 3 nitrogen and oxygen atoms in total. The van der Waals surface area contributed by atoms with Crippen molar-refractivity contribution in [1.29, 1.82) is 0 Å². The number of nitrogens with zero attached hydrogens (tertiary/aromatic N) is 2. The van der Waals surface area contributed by atoms with Gasteiger partial charge in [0.15, 0.2) is 0 Å². The molecule has 0 atom stereocenters. The molecule has 24 heavy (non-hydrogen) atoms. The summed E-state index contributed by atoms with van der Waals surface area (Å²) in [5.41, 5.74) is 3.55. The number of para-hydroxylation sites is 1. The number of rotatable bonds is 5. The maximum absolute atomic E-state index is 12.5. The van der Waals surface area contributed by atoms with Crippen molar-refractivity contribution in [2.24, 2.45) is 0 Å². The van der Waals surface area contributed by atoms with Gasteiger partial charge in [0.1, 0.15) is 0 Å². The maximum atomic E-state index is 12.5. The number of likely N-dealkylation sites (N-methyl/N-ethyl adjacent to an activating group) is 1. The third-order valence-corrected chi connectivity index (χ3v) is 5.07. The zero-order valence-electron chi connectivity index (χ0n) is 14.0. The fourth-order valence-corrected chi connectivity index (χ4v) is 3.43. The van der Waals surface area contributed by atoms with Crippen molar-refractivity contribution < 1.29 is 4.79 Å². The molecule has 0 saturated carbocycles. The van der Waals surface area contributed by atoms with E-state index in [1.165, 1.54) is 24.1 Å². The average Bonchev–Trinajstić information content (AvgIpc) is 3.11. The summed E-state index contributed by atoms with van der Waals surface area (Å²) in [6, 6.07) is 16.4. The van der Waals surface area contributed by atoms with Crippen LogP contribution in [0.25, 0.3) is 0 Å². The summed E-state index contributed by atoms with van der Waals surface area (Å²) in [7, 11) is 1.89. The monoisotopic (exact) mass is 386 g/mol. The van der Waals surface area contributed by atoms with E-state index < -0.39 is 0 Å². The molecule has 0 aromatic heterocycles. The third kappa shape index (κ3) is 4.18. The van der Waals surface area contributed by atoms with Crippen LogP contribution in [0.4, 0.5) is 5.69 Å². The molecule has 3 rings (SSSR count). The van der Waals surface area contributed by atoms with E-state index in [1.54, 1.807) is 0 Å². The molecule has 0 N–H and O–H groups in total. The topological polar surface area (TPSA) is 23.6 Å². The molecule has 2 aromatic rings. The van der Waals surface area contributed by atoms with Crippen LogP contribution in [0.3, 0.4) is 0 Å². The summed E-state index contributed by atoms with van der Waals surface area (Å²) >= 11 is 3.43. The fraction of sp³-hybridized carbons (Fsp3) is 0.350. The van der Waals surface area contributed by atoms with Gasteiger partial charge in [-0.25, -0.2) is 0 Å². The van der Waals surface area contributed by atoms with Crippen molar-refractivity contribution in [3.05, 3.63) is 64.1 Å². The first kappa shape index (κ1) is 17.0. The van der Waals surface area contributed by atoms with E-state index in [4.69, 9.17) is 0 Å². The summed E-state index contributed by atoms with van der Waals surface area (Å²) in [6.45, 7) is 2.89. The van der Waals surface area contributed by atoms with Crippen LogP contribution in [0.5, 0.6) is 0 Å². The highest BCUT2D eigenvalue weighted by Gasteiger charge is 2.17. The van der Waals surface area contributed by atoms with Gasteiger partial charge in [0.25, 0.3) is 0 Å². The Hall–Kier alpha value is -1.81. The molecular formula is C20H23BrN2O. The van der Waals surface area contributed by atoms with Crippen LogP contribution in [-0.2, 0) is 17.8 Å². The van der Waals surface area contributed by atoms with Gasteiger partial charge in [-0.05, 0) is 42.2 Å². The van der Waals surface area contributed by atoms with Gasteiger partial charge in [0, 0.05) is 36.8 Å². The number of carbonyl (C=O) groups excluding carboxylic acids is 1. The zero-order valence-corrected chi connectivity index (χ0v) is 15.6. The Morgan fingerprint density at radius 2 is 1.75 bits per heavy atom. The lowest BCUT2D eigenvalue weighted by Crippen LogP contribution is -2.29. The first-order chi connectivity index (χ1) is 11.6. The predicted molar refractivity (Wildman–Crippen MR) is 102 cm³/mol. The highest BCUT2D eigenvalue weighted by atomic mass is 79.9. The molecule has 126 valence electrons. The Kier molecular flexibility index (Phi) is 5.56. The minimum absolute atomic E-state index is 0.147. The minimum Gasteiger partial charge on any atom is -0.371 e. The Labute approximate surface area is 152 Å². The van der Waals surface area contributed by atoms with Gasteiger partial charge in [-0.15, -0.1) is 0 Å². The van der Waals surface area contributed by atoms with E-state index in [0.717, 1.165) is 23.1 Å². The van der Waals surface area contributed by atoms with Crippen molar-refractivity contribution in [1.82, 2.24) is 4.90 Å². The first-order valence-corrected chi connectivity index (χ1v) is 9.24. The zero-order chi connectivity index (χ0) is 16.9. The molecule has 1 amide bonds. The summed E-state index contributed by atoms with van der Waals surface area (Å²) in [4.78, 5) is 16.8. The summed E-state index contributed by atoms with van der Waals surface area (Å²) < 4.78 is 1.03. The number of carbonyl (C=O) groups is 1. The van der Waals surface area contributed by atoms with E-state index in [0.29, 0.717) is 13.0 Å². The van der Waals surface area contributed by atoms with E-state index in [-0.39, 0.29) is 5.91 Å². The molecule has 0 spiro atoms. The second-order valence-electron chi connectivity index (χ2n) is 6.38. The first-order valence-electron chi connectivity index (χ1n) is 8.45. The smallest absolute Gasteiger partial charge is 0.227 e.